The fourth-order valence-corrected chi connectivity index (χ4v) is 4.65. The van der Waals surface area contributed by atoms with E-state index in [1.165, 1.54) is 16.9 Å². The number of nitrogens with one attached hydrogen (secondary N) is 1. The highest BCUT2D eigenvalue weighted by Gasteiger charge is 2.19. The van der Waals surface area contributed by atoms with E-state index in [0.717, 1.165) is 48.6 Å². The van der Waals surface area contributed by atoms with Gasteiger partial charge in [-0.15, -0.1) is 11.3 Å². The molecule has 0 aliphatic carbocycles. The first-order valence-corrected chi connectivity index (χ1v) is 11.1. The minimum absolute atomic E-state index is 0.0920. The van der Waals surface area contributed by atoms with E-state index in [1.807, 2.05) is 54.3 Å². The molecule has 1 N–H and O–H groups in total. The van der Waals surface area contributed by atoms with Crippen LogP contribution in [0.2, 0.25) is 0 Å². The van der Waals surface area contributed by atoms with Crippen LogP contribution in [0.1, 0.15) is 54.7 Å². The van der Waals surface area contributed by atoms with Gasteiger partial charge in [-0.3, -0.25) is 9.59 Å². The van der Waals surface area contributed by atoms with Gasteiger partial charge in [0.1, 0.15) is 4.88 Å². The number of thiazole rings is 1. The number of hydrogen-bond acceptors (Lipinski definition) is 4. The molecule has 0 unspecified atom stereocenters. The van der Waals surface area contributed by atoms with Gasteiger partial charge in [0.15, 0.2) is 0 Å². The minimum atomic E-state index is -0.110. The number of hydrogen-bond donors (Lipinski definition) is 1. The number of likely N-dealkylation sites (tertiary alicyclic amines) is 1. The quantitative estimate of drug-likeness (QED) is 0.651. The third-order valence-electron chi connectivity index (χ3n) is 5.29. The molecule has 0 spiro atoms. The van der Waals surface area contributed by atoms with Crippen LogP contribution in [-0.4, -0.2) is 34.8 Å². The predicted molar refractivity (Wildman–Crippen MR) is 119 cm³/mol. The number of nitrogens with zero attached hydrogens (tertiary/aromatic N) is 2. The first kappa shape index (κ1) is 20.3. The Morgan fingerprint density at radius 3 is 2.40 bits per heavy atom. The lowest BCUT2D eigenvalue weighted by Crippen LogP contribution is -2.27. The van der Waals surface area contributed by atoms with Gasteiger partial charge in [0, 0.05) is 31.6 Å². The van der Waals surface area contributed by atoms with Gasteiger partial charge in [-0.2, -0.15) is 0 Å². The Hall–Kier alpha value is -2.99. The summed E-state index contributed by atoms with van der Waals surface area (Å²) >= 11 is 1.44. The molecule has 0 saturated carbocycles. The van der Waals surface area contributed by atoms with Crippen LogP contribution in [0.3, 0.4) is 0 Å². The van der Waals surface area contributed by atoms with Gasteiger partial charge in [0.25, 0.3) is 11.8 Å². The average Bonchev–Trinajstić information content (AvgIpc) is 3.43. The molecule has 2 aromatic carbocycles. The van der Waals surface area contributed by atoms with Crippen molar-refractivity contribution in [3.05, 3.63) is 86.9 Å². The lowest BCUT2D eigenvalue weighted by Gasteiger charge is -2.15. The molecule has 0 atom stereocenters. The summed E-state index contributed by atoms with van der Waals surface area (Å²) < 4.78 is 0. The summed E-state index contributed by atoms with van der Waals surface area (Å²) in [7, 11) is 0. The molecule has 1 aliphatic rings. The molecule has 5 nitrogen and oxygen atoms in total. The first-order valence-electron chi connectivity index (χ1n) is 10.3. The SMILES string of the molecule is Cc1nc(Cc2ccccc2)sc1C(=O)NCc1ccc(C(=O)N2CCCC2)cc1. The van der Waals surface area contributed by atoms with Gasteiger partial charge in [0.2, 0.25) is 0 Å². The van der Waals surface area contributed by atoms with Crippen LogP contribution in [0.5, 0.6) is 0 Å². The van der Waals surface area contributed by atoms with Crippen molar-refractivity contribution >= 4 is 23.2 Å². The van der Waals surface area contributed by atoms with E-state index in [9.17, 15) is 9.59 Å². The summed E-state index contributed by atoms with van der Waals surface area (Å²) in [5.41, 5.74) is 3.61. The van der Waals surface area contributed by atoms with E-state index in [1.54, 1.807) is 0 Å². The van der Waals surface area contributed by atoms with Crippen LogP contribution in [-0.2, 0) is 13.0 Å². The van der Waals surface area contributed by atoms with Gasteiger partial charge in [-0.1, -0.05) is 42.5 Å². The molecule has 1 aromatic heterocycles. The summed E-state index contributed by atoms with van der Waals surface area (Å²) in [5, 5.41) is 3.91. The van der Waals surface area contributed by atoms with Crippen LogP contribution < -0.4 is 5.32 Å². The Morgan fingerprint density at radius 2 is 1.70 bits per heavy atom. The zero-order chi connectivity index (χ0) is 20.9. The number of aromatic nitrogens is 1. The van der Waals surface area contributed by atoms with Gasteiger partial charge in [-0.05, 0) is 43.0 Å². The summed E-state index contributed by atoms with van der Waals surface area (Å²) in [4.78, 5) is 32.2. The van der Waals surface area contributed by atoms with Crippen LogP contribution in [0, 0.1) is 6.92 Å². The fourth-order valence-electron chi connectivity index (χ4n) is 3.64. The van der Waals surface area contributed by atoms with Gasteiger partial charge in [-0.25, -0.2) is 4.98 Å². The number of carbonyl (C=O) groups excluding carboxylic acids is 2. The van der Waals surface area contributed by atoms with Gasteiger partial charge in [0.05, 0.1) is 10.7 Å². The van der Waals surface area contributed by atoms with Crippen molar-refractivity contribution in [1.82, 2.24) is 15.2 Å². The third kappa shape index (κ3) is 4.76. The molecule has 2 amide bonds. The van der Waals surface area contributed by atoms with Gasteiger partial charge >= 0.3 is 0 Å². The summed E-state index contributed by atoms with van der Waals surface area (Å²) in [6.45, 7) is 3.98. The molecule has 4 rings (SSSR count). The maximum atomic E-state index is 12.7. The minimum Gasteiger partial charge on any atom is -0.347 e. The molecule has 30 heavy (non-hydrogen) atoms. The van der Waals surface area contributed by atoms with Crippen molar-refractivity contribution in [1.29, 1.82) is 0 Å². The van der Waals surface area contributed by atoms with Crippen LogP contribution in [0.25, 0.3) is 0 Å². The summed E-state index contributed by atoms with van der Waals surface area (Å²) in [5.74, 6) is -0.0177. The standard InChI is InChI=1S/C24H25N3O2S/c1-17-22(30-21(26-17)15-18-7-3-2-4-8-18)23(28)25-16-19-9-11-20(12-10-19)24(29)27-13-5-6-14-27/h2-4,7-12H,5-6,13-16H2,1H3,(H,25,28). The Balaban J connectivity index is 1.35. The van der Waals surface area contributed by atoms with Crippen molar-refractivity contribution in [2.45, 2.75) is 32.7 Å². The van der Waals surface area contributed by atoms with Crippen molar-refractivity contribution in [2.24, 2.45) is 0 Å². The fraction of sp³-hybridized carbons (Fsp3) is 0.292. The Bertz CT molecular complexity index is 1020. The molecule has 1 aliphatic heterocycles. The molecule has 2 heterocycles. The second kappa shape index (κ2) is 9.22. The van der Waals surface area contributed by atoms with Crippen LogP contribution >= 0.6 is 11.3 Å². The second-order valence-electron chi connectivity index (χ2n) is 7.56. The summed E-state index contributed by atoms with van der Waals surface area (Å²) in [6, 6.07) is 17.6. The van der Waals surface area contributed by atoms with Gasteiger partial charge < -0.3 is 10.2 Å². The van der Waals surface area contributed by atoms with Crippen molar-refractivity contribution < 1.29 is 9.59 Å². The highest BCUT2D eigenvalue weighted by atomic mass is 32.1. The monoisotopic (exact) mass is 419 g/mol. The smallest absolute Gasteiger partial charge is 0.263 e. The molecule has 1 fully saturated rings. The Kier molecular flexibility index (Phi) is 6.23. The van der Waals surface area contributed by atoms with E-state index >= 15 is 0 Å². The number of rotatable bonds is 6. The van der Waals surface area contributed by atoms with E-state index in [0.29, 0.717) is 17.0 Å². The van der Waals surface area contributed by atoms with Crippen LogP contribution in [0.4, 0.5) is 0 Å². The van der Waals surface area contributed by atoms with Crippen LogP contribution in [0.15, 0.2) is 54.6 Å². The molecule has 0 radical (unpaired) electrons. The topological polar surface area (TPSA) is 62.3 Å². The molecule has 0 bridgehead atoms. The Labute approximate surface area is 180 Å². The maximum absolute atomic E-state index is 12.7. The summed E-state index contributed by atoms with van der Waals surface area (Å²) in [6.07, 6.45) is 2.89. The number of benzene rings is 2. The largest absolute Gasteiger partial charge is 0.347 e. The molecular weight excluding hydrogens is 394 g/mol. The number of amides is 2. The lowest BCUT2D eigenvalue weighted by molar-refractivity contribution is 0.0792. The molecule has 154 valence electrons. The van der Waals surface area contributed by atoms with E-state index in [2.05, 4.69) is 22.4 Å². The van der Waals surface area contributed by atoms with E-state index in [4.69, 9.17) is 0 Å². The third-order valence-corrected chi connectivity index (χ3v) is 6.45. The van der Waals surface area contributed by atoms with E-state index in [-0.39, 0.29) is 11.8 Å². The molecule has 3 aromatic rings. The number of carbonyl (C=O) groups is 2. The molecule has 1 saturated heterocycles. The second-order valence-corrected chi connectivity index (χ2v) is 8.65. The maximum Gasteiger partial charge on any atom is 0.263 e. The predicted octanol–water partition coefficient (Wildman–Crippen LogP) is 4.21. The molecular formula is C24H25N3O2S. The lowest BCUT2D eigenvalue weighted by atomic mass is 10.1. The average molecular weight is 420 g/mol. The zero-order valence-electron chi connectivity index (χ0n) is 17.1. The molecule has 6 heteroatoms. The zero-order valence-corrected chi connectivity index (χ0v) is 17.9. The highest BCUT2D eigenvalue weighted by Crippen LogP contribution is 2.21. The highest BCUT2D eigenvalue weighted by molar-refractivity contribution is 7.13. The van der Waals surface area contributed by atoms with E-state index < -0.39 is 0 Å². The first-order chi connectivity index (χ1) is 14.6. The van der Waals surface area contributed by atoms with Crippen molar-refractivity contribution in [3.63, 3.8) is 0 Å². The van der Waals surface area contributed by atoms with Crippen molar-refractivity contribution in [2.75, 3.05) is 13.1 Å². The normalized spacial score (nSPS) is 13.4. The van der Waals surface area contributed by atoms with Crippen molar-refractivity contribution in [3.8, 4) is 0 Å². The Morgan fingerprint density at radius 1 is 1.00 bits per heavy atom. The number of aryl methyl sites for hydroxylation is 1.